The number of likely N-dealkylation sites (tertiary alicyclic amines) is 2. The first-order valence-corrected chi connectivity index (χ1v) is 27.7. The predicted molar refractivity (Wildman–Crippen MR) is 294 cm³/mol. The quantitative estimate of drug-likeness (QED) is 0.0336. The Morgan fingerprint density at radius 1 is 0.602 bits per heavy atom. The van der Waals surface area contributed by atoms with Crippen LogP contribution in [0.15, 0.2) is 30.3 Å². The predicted octanol–water partition coefficient (Wildman–Crippen LogP) is -2.88. The number of hydrogen-bond acceptors (Lipinski definition) is 15. The molecule has 29 heteroatoms. The number of hydrogen-bond donors (Lipinski definition) is 13. The topological polar surface area (TPSA) is 454 Å². The molecule has 0 aromatic heterocycles. The van der Waals surface area contributed by atoms with Crippen LogP contribution in [0.2, 0.25) is 0 Å². The van der Waals surface area contributed by atoms with Crippen LogP contribution >= 0.6 is 0 Å². The second-order valence-electron chi connectivity index (χ2n) is 21.7. The summed E-state index contributed by atoms with van der Waals surface area (Å²) >= 11 is 0. The Morgan fingerprint density at radius 2 is 1.13 bits per heavy atom. The minimum absolute atomic E-state index is 0.00155. The Bertz CT molecular complexity index is 2530. The van der Waals surface area contributed by atoms with Gasteiger partial charge in [-0.25, -0.2) is 4.79 Å². The first-order chi connectivity index (χ1) is 38.9. The van der Waals surface area contributed by atoms with Gasteiger partial charge in [-0.3, -0.25) is 62.3 Å². The van der Waals surface area contributed by atoms with E-state index in [1.165, 1.54) is 16.7 Å². The van der Waals surface area contributed by atoms with Gasteiger partial charge in [0.1, 0.15) is 54.4 Å². The monoisotopic (exact) mass is 1170 g/mol. The molecule has 0 spiro atoms. The van der Waals surface area contributed by atoms with Crippen molar-refractivity contribution in [1.82, 2.24) is 52.3 Å². The molecule has 0 saturated carbocycles. The van der Waals surface area contributed by atoms with Crippen LogP contribution in [0.25, 0.3) is 0 Å². The fourth-order valence-corrected chi connectivity index (χ4v) is 9.40. The molecule has 11 amide bonds. The largest absolute Gasteiger partial charge is 0.481 e. The lowest BCUT2D eigenvalue weighted by atomic mass is 9.98. The van der Waals surface area contributed by atoms with E-state index < -0.39 is 181 Å². The summed E-state index contributed by atoms with van der Waals surface area (Å²) in [5.74, 6) is -15.7. The van der Waals surface area contributed by atoms with Crippen molar-refractivity contribution in [3.05, 3.63) is 35.9 Å². The molecule has 2 aliphatic heterocycles. The molecular formula is C54H82N12O17. The Kier molecular flexibility index (Phi) is 27.5. The highest BCUT2D eigenvalue weighted by atomic mass is 16.4. The third-order valence-corrected chi connectivity index (χ3v) is 14.2. The number of amides is 11. The summed E-state index contributed by atoms with van der Waals surface area (Å²) in [5, 5.41) is 48.0. The molecular weight excluding hydrogens is 1090 g/mol. The van der Waals surface area contributed by atoms with Crippen molar-refractivity contribution in [2.45, 2.75) is 180 Å². The number of carboxylic acids is 3. The van der Waals surface area contributed by atoms with Crippen molar-refractivity contribution in [3.8, 4) is 0 Å². The van der Waals surface area contributed by atoms with Crippen molar-refractivity contribution < 1.29 is 82.4 Å². The molecule has 1 aromatic carbocycles. The zero-order valence-electron chi connectivity index (χ0n) is 47.9. The molecule has 0 unspecified atom stereocenters. The van der Waals surface area contributed by atoms with Gasteiger partial charge in [-0.15, -0.1) is 0 Å². The molecule has 2 aliphatic rings. The molecule has 0 radical (unpaired) electrons. The minimum Gasteiger partial charge on any atom is -0.481 e. The van der Waals surface area contributed by atoms with Gasteiger partial charge in [0.2, 0.25) is 65.0 Å². The summed E-state index contributed by atoms with van der Waals surface area (Å²) < 4.78 is 0. The summed E-state index contributed by atoms with van der Waals surface area (Å²) in [5.41, 5.74) is 12.2. The zero-order chi connectivity index (χ0) is 62.4. The molecule has 1 aromatic rings. The fourth-order valence-electron chi connectivity index (χ4n) is 9.40. The Balaban J connectivity index is 1.76. The molecule has 83 heavy (non-hydrogen) atoms. The van der Waals surface area contributed by atoms with Crippen molar-refractivity contribution >= 4 is 82.9 Å². The van der Waals surface area contributed by atoms with E-state index in [0.29, 0.717) is 24.8 Å². The number of rotatable bonds is 33. The first kappa shape index (κ1) is 69.0. The second kappa shape index (κ2) is 33.0. The van der Waals surface area contributed by atoms with Gasteiger partial charge in [0.05, 0.1) is 25.4 Å². The van der Waals surface area contributed by atoms with Gasteiger partial charge in [-0.05, 0) is 68.8 Å². The lowest BCUT2D eigenvalue weighted by molar-refractivity contribution is -0.149. The Hall–Kier alpha value is -8.24. The van der Waals surface area contributed by atoms with E-state index >= 15 is 0 Å². The van der Waals surface area contributed by atoms with Crippen LogP contribution in [0.1, 0.15) is 118 Å². The average Bonchev–Trinajstić information content (AvgIpc) is 4.34. The number of aliphatic carboxylic acids is 3. The molecule has 2 heterocycles. The van der Waals surface area contributed by atoms with Crippen molar-refractivity contribution in [2.75, 3.05) is 19.6 Å². The van der Waals surface area contributed by atoms with E-state index in [1.54, 1.807) is 65.0 Å². The van der Waals surface area contributed by atoms with Crippen molar-refractivity contribution in [2.24, 2.45) is 29.2 Å². The van der Waals surface area contributed by atoms with E-state index in [9.17, 15) is 82.4 Å². The highest BCUT2D eigenvalue weighted by molar-refractivity contribution is 6.00. The zero-order valence-corrected chi connectivity index (χ0v) is 47.9. The molecule has 2 fully saturated rings. The van der Waals surface area contributed by atoms with Gasteiger partial charge in [0.25, 0.3) is 0 Å². The van der Waals surface area contributed by atoms with E-state index in [4.69, 9.17) is 11.5 Å². The minimum atomic E-state index is -1.96. The lowest BCUT2D eigenvalue weighted by Gasteiger charge is -2.31. The summed E-state index contributed by atoms with van der Waals surface area (Å²) in [4.78, 5) is 187. The molecule has 11 atom stereocenters. The SMILES string of the molecule is CC[C@H](C)[C@H](N)C(=O)N1CCC[C@H]1C(=O)N[C@H](C(=O)N[C@@H](CC(=O)O)C(=O)N[C@@H](CCC(=O)O)C(=O)N[C@@H](CC(N)=O)C(=O)NCC(=O)N[C@@H](CC(C)C)C(=O)N[C@@H](Cc1ccccc1)C(=O)N[C@@H](C)C(=O)N1CCC[C@H]1C(=O)O)C(C)C. The van der Waals surface area contributed by atoms with Crippen molar-refractivity contribution in [3.63, 3.8) is 0 Å². The van der Waals surface area contributed by atoms with E-state index in [0.717, 1.165) is 0 Å². The summed E-state index contributed by atoms with van der Waals surface area (Å²) in [6.07, 6.45) is -1.55. The van der Waals surface area contributed by atoms with Gasteiger partial charge in [0, 0.05) is 25.9 Å². The van der Waals surface area contributed by atoms with Crippen LogP contribution in [-0.2, 0) is 73.5 Å². The third-order valence-electron chi connectivity index (χ3n) is 14.2. The number of nitrogens with two attached hydrogens (primary N) is 2. The highest BCUT2D eigenvalue weighted by Crippen LogP contribution is 2.22. The Labute approximate surface area is 480 Å². The highest BCUT2D eigenvalue weighted by Gasteiger charge is 2.41. The molecule has 3 rings (SSSR count). The third kappa shape index (κ3) is 21.9. The van der Waals surface area contributed by atoms with E-state index in [2.05, 4.69) is 42.5 Å². The smallest absolute Gasteiger partial charge is 0.326 e. The number of carboxylic acid groups (broad SMARTS) is 3. The van der Waals surface area contributed by atoms with Crippen LogP contribution in [0.5, 0.6) is 0 Å². The average molecular weight is 1170 g/mol. The first-order valence-electron chi connectivity index (χ1n) is 27.7. The second-order valence-corrected chi connectivity index (χ2v) is 21.7. The summed E-state index contributed by atoms with van der Waals surface area (Å²) in [6, 6.07) is -5.41. The number of benzene rings is 1. The molecule has 15 N–H and O–H groups in total. The molecule has 460 valence electrons. The molecule has 29 nitrogen and oxygen atoms in total. The Morgan fingerprint density at radius 3 is 1.69 bits per heavy atom. The molecule has 2 saturated heterocycles. The summed E-state index contributed by atoms with van der Waals surface area (Å²) in [7, 11) is 0. The van der Waals surface area contributed by atoms with Crippen LogP contribution in [-0.4, -0.2) is 188 Å². The van der Waals surface area contributed by atoms with Crippen LogP contribution in [0, 0.1) is 17.8 Å². The van der Waals surface area contributed by atoms with Gasteiger partial charge in [-0.2, -0.15) is 0 Å². The van der Waals surface area contributed by atoms with E-state index in [-0.39, 0.29) is 50.6 Å². The van der Waals surface area contributed by atoms with Crippen LogP contribution in [0.4, 0.5) is 0 Å². The van der Waals surface area contributed by atoms with Crippen LogP contribution < -0.4 is 54.0 Å². The van der Waals surface area contributed by atoms with Crippen LogP contribution in [0.3, 0.4) is 0 Å². The fraction of sp³-hybridized carbons (Fsp3) is 0.630. The maximum atomic E-state index is 14.0. The van der Waals surface area contributed by atoms with Gasteiger partial charge in [0.15, 0.2) is 0 Å². The molecule has 0 bridgehead atoms. The number of nitrogens with one attached hydrogen (secondary N) is 8. The van der Waals surface area contributed by atoms with E-state index in [1.807, 2.05) is 6.92 Å². The van der Waals surface area contributed by atoms with Gasteiger partial charge >= 0.3 is 17.9 Å². The number of carbonyl (C=O) groups excluding carboxylic acids is 11. The normalized spacial score (nSPS) is 18.1. The number of nitrogens with zero attached hydrogens (tertiary/aromatic N) is 2. The lowest BCUT2D eigenvalue weighted by Crippen LogP contribution is -2.60. The molecule has 0 aliphatic carbocycles. The maximum absolute atomic E-state index is 14.0. The summed E-state index contributed by atoms with van der Waals surface area (Å²) in [6.45, 7) is 11.1. The van der Waals surface area contributed by atoms with Gasteiger partial charge < -0.3 is 79.1 Å². The maximum Gasteiger partial charge on any atom is 0.326 e. The number of primary amides is 1. The standard InChI is InChI=1S/C54H82N12O17/c1-8-29(6)43(56)53(81)65-20-12-16-37(65)50(78)64-44(28(4)5)51(79)63-36(25-42(71)72)49(77)60-32(18-19-41(69)70)46(74)62-35(24-39(55)67)45(73)57-26-40(68)59-33(22-27(2)3)48(76)61-34(23-31-14-10-9-11-15-31)47(75)58-30(7)52(80)66-21-13-17-38(66)54(82)83/h9-11,14-15,27-30,32-38,43-44H,8,12-13,16-26,56H2,1-7H3,(H2,55,67)(H,57,73)(H,58,75)(H,59,68)(H,60,77)(H,61,76)(H,62,74)(H,63,79)(H,64,78)(H,69,70)(H,71,72)(H,82,83)/t29-,30-,32-,33-,34-,35-,36-,37-,38-,43-,44-/m0/s1. The van der Waals surface area contributed by atoms with Gasteiger partial charge in [-0.1, -0.05) is 78.3 Å². The number of carbonyl (C=O) groups is 14. The van der Waals surface area contributed by atoms with Crippen molar-refractivity contribution in [1.29, 1.82) is 0 Å².